The second kappa shape index (κ2) is 5.16. The molecule has 2 fully saturated rings. The van der Waals surface area contributed by atoms with Crippen molar-refractivity contribution in [2.75, 3.05) is 26.2 Å². The number of guanidine groups is 1. The van der Waals surface area contributed by atoms with Crippen LogP contribution in [0.2, 0.25) is 0 Å². The van der Waals surface area contributed by atoms with E-state index in [4.69, 9.17) is 0 Å². The van der Waals surface area contributed by atoms with Gasteiger partial charge in [-0.05, 0) is 18.9 Å². The summed E-state index contributed by atoms with van der Waals surface area (Å²) in [7, 11) is 0. The second-order valence-electron chi connectivity index (χ2n) is 4.60. The van der Waals surface area contributed by atoms with Gasteiger partial charge >= 0.3 is 18.0 Å². The molecule has 0 aliphatic carbocycles. The van der Waals surface area contributed by atoms with E-state index in [1.54, 1.807) is 0 Å². The molecule has 0 bridgehead atoms. The summed E-state index contributed by atoms with van der Waals surface area (Å²) in [6.45, 7) is 0.0731. The van der Waals surface area contributed by atoms with Crippen LogP contribution in [0.25, 0.3) is 0 Å². The van der Waals surface area contributed by atoms with Gasteiger partial charge in [0.1, 0.15) is 0 Å². The Morgan fingerprint density at radius 2 is 1.89 bits per heavy atom. The maximum Gasteiger partial charge on any atom is 0.401 e. The quantitative estimate of drug-likeness (QED) is 0.682. The Labute approximate surface area is 107 Å². The van der Waals surface area contributed by atoms with E-state index in [2.05, 4.69) is 15.6 Å². The molecule has 0 aromatic carbocycles. The molecule has 0 saturated carbocycles. The van der Waals surface area contributed by atoms with Gasteiger partial charge in [0.2, 0.25) is 5.96 Å². The molecule has 6 nitrogen and oxygen atoms in total. The minimum absolute atomic E-state index is 0.00394. The fourth-order valence-electron chi connectivity index (χ4n) is 2.12. The monoisotopic (exact) mass is 278 g/mol. The average molecular weight is 278 g/mol. The van der Waals surface area contributed by atoms with Gasteiger partial charge in [-0.3, -0.25) is 30.1 Å². The first-order valence-electron chi connectivity index (χ1n) is 5.79. The van der Waals surface area contributed by atoms with Crippen LogP contribution in [0.15, 0.2) is 4.99 Å². The second-order valence-corrected chi connectivity index (χ2v) is 4.60. The number of halogens is 3. The molecule has 9 heteroatoms. The van der Waals surface area contributed by atoms with Gasteiger partial charge in [-0.25, -0.2) is 0 Å². The van der Waals surface area contributed by atoms with Crippen LogP contribution in [0.3, 0.4) is 0 Å². The van der Waals surface area contributed by atoms with Gasteiger partial charge in [-0.1, -0.05) is 0 Å². The van der Waals surface area contributed by atoms with E-state index in [1.165, 1.54) is 4.90 Å². The zero-order valence-electron chi connectivity index (χ0n) is 9.96. The summed E-state index contributed by atoms with van der Waals surface area (Å²) >= 11 is 0. The number of nitrogens with one attached hydrogen (secondary N) is 2. The third kappa shape index (κ3) is 3.91. The Hall–Kier alpha value is -1.64. The lowest BCUT2D eigenvalue weighted by atomic mass is 10.1. The average Bonchev–Trinajstić information content (AvgIpc) is 2.82. The fraction of sp³-hybridized carbons (Fsp3) is 0.700. The maximum atomic E-state index is 12.2. The highest BCUT2D eigenvalue weighted by Gasteiger charge is 2.34. The minimum Gasteiger partial charge on any atom is -0.295 e. The molecule has 19 heavy (non-hydrogen) atoms. The maximum absolute atomic E-state index is 12.2. The molecule has 1 atom stereocenters. The normalized spacial score (nSPS) is 24.6. The molecule has 0 radical (unpaired) electrons. The molecule has 2 aliphatic heterocycles. The van der Waals surface area contributed by atoms with Gasteiger partial charge in [-0.15, -0.1) is 0 Å². The molecule has 2 saturated heterocycles. The molecule has 106 valence electrons. The van der Waals surface area contributed by atoms with Crippen LogP contribution in [0.5, 0.6) is 0 Å². The summed E-state index contributed by atoms with van der Waals surface area (Å²) in [5.74, 6) is -1.47. The van der Waals surface area contributed by atoms with Crippen LogP contribution in [-0.2, 0) is 9.59 Å². The van der Waals surface area contributed by atoms with Crippen LogP contribution in [-0.4, -0.2) is 55.0 Å². The van der Waals surface area contributed by atoms with E-state index in [0.29, 0.717) is 19.5 Å². The van der Waals surface area contributed by atoms with Crippen molar-refractivity contribution in [2.24, 2.45) is 10.9 Å². The van der Waals surface area contributed by atoms with E-state index in [1.807, 2.05) is 0 Å². The van der Waals surface area contributed by atoms with Crippen LogP contribution in [0.1, 0.15) is 6.42 Å². The van der Waals surface area contributed by atoms with E-state index in [0.717, 1.165) is 0 Å². The number of carbonyl (C=O) groups excluding carboxylic acids is 2. The first-order valence-corrected chi connectivity index (χ1v) is 5.79. The third-order valence-corrected chi connectivity index (χ3v) is 2.95. The summed E-state index contributed by atoms with van der Waals surface area (Å²) in [4.78, 5) is 27.0. The number of amides is 2. The van der Waals surface area contributed by atoms with E-state index in [9.17, 15) is 22.8 Å². The van der Waals surface area contributed by atoms with Crippen LogP contribution in [0.4, 0.5) is 13.2 Å². The molecule has 2 heterocycles. The summed E-state index contributed by atoms with van der Waals surface area (Å²) in [5, 5.41) is 4.47. The first kappa shape index (κ1) is 13.8. The Bertz CT molecular complexity index is 403. The van der Waals surface area contributed by atoms with Crippen molar-refractivity contribution in [2.45, 2.75) is 12.6 Å². The largest absolute Gasteiger partial charge is 0.401 e. The summed E-state index contributed by atoms with van der Waals surface area (Å²) < 4.78 is 36.6. The number of nitrogens with zero attached hydrogens (tertiary/aromatic N) is 2. The van der Waals surface area contributed by atoms with Gasteiger partial charge in [0.15, 0.2) is 0 Å². The Balaban J connectivity index is 1.78. The van der Waals surface area contributed by atoms with E-state index in [-0.39, 0.29) is 18.4 Å². The zero-order chi connectivity index (χ0) is 14.0. The van der Waals surface area contributed by atoms with Gasteiger partial charge in [0, 0.05) is 13.1 Å². The molecule has 2 rings (SSSR count). The van der Waals surface area contributed by atoms with Crippen molar-refractivity contribution in [1.82, 2.24) is 15.5 Å². The van der Waals surface area contributed by atoms with Crippen molar-refractivity contribution in [3.63, 3.8) is 0 Å². The summed E-state index contributed by atoms with van der Waals surface area (Å²) in [5.41, 5.74) is 0. The SMILES string of the molecule is O=C1NC(=NCC2CCN(CC(F)(F)F)C2)NC1=O. The topological polar surface area (TPSA) is 73.8 Å². The highest BCUT2D eigenvalue weighted by atomic mass is 19.4. The Morgan fingerprint density at radius 3 is 2.47 bits per heavy atom. The Kier molecular flexibility index (Phi) is 3.74. The van der Waals surface area contributed by atoms with Crippen molar-refractivity contribution < 1.29 is 22.8 Å². The zero-order valence-corrected chi connectivity index (χ0v) is 9.96. The number of carbonyl (C=O) groups is 2. The molecule has 0 spiro atoms. The first-order chi connectivity index (χ1) is 8.83. The number of hydrogen-bond donors (Lipinski definition) is 2. The molecular weight excluding hydrogens is 265 g/mol. The lowest BCUT2D eigenvalue weighted by molar-refractivity contribution is -0.143. The lowest BCUT2D eigenvalue weighted by Gasteiger charge is -2.17. The van der Waals surface area contributed by atoms with Crippen molar-refractivity contribution in [3.05, 3.63) is 0 Å². The predicted octanol–water partition coefficient (Wildman–Crippen LogP) is -0.527. The molecular formula is C10H13F3N4O2. The van der Waals surface area contributed by atoms with Gasteiger partial charge in [0.25, 0.3) is 0 Å². The highest BCUT2D eigenvalue weighted by molar-refractivity contribution is 6.45. The van der Waals surface area contributed by atoms with Crippen LogP contribution < -0.4 is 10.6 Å². The van der Waals surface area contributed by atoms with Gasteiger partial charge < -0.3 is 0 Å². The summed E-state index contributed by atoms with van der Waals surface area (Å²) in [6.07, 6.45) is -3.57. The summed E-state index contributed by atoms with van der Waals surface area (Å²) in [6, 6.07) is 0. The van der Waals surface area contributed by atoms with Crippen molar-refractivity contribution >= 4 is 17.8 Å². The number of aliphatic imine (C=N–C) groups is 1. The molecule has 0 aromatic rings. The van der Waals surface area contributed by atoms with E-state index < -0.39 is 24.5 Å². The van der Waals surface area contributed by atoms with Crippen molar-refractivity contribution in [1.29, 1.82) is 0 Å². The molecule has 2 aliphatic rings. The van der Waals surface area contributed by atoms with E-state index >= 15 is 0 Å². The standard InChI is InChI=1S/C10H13F3N4O2/c11-10(12,13)5-17-2-1-6(4-17)3-14-9-15-7(18)8(19)16-9/h6H,1-5H2,(H2,14,15,16,18,19). The fourth-order valence-corrected chi connectivity index (χ4v) is 2.12. The van der Waals surface area contributed by atoms with Gasteiger partial charge in [0.05, 0.1) is 6.54 Å². The minimum atomic E-state index is -4.19. The number of hydrogen-bond acceptors (Lipinski definition) is 4. The smallest absolute Gasteiger partial charge is 0.295 e. The third-order valence-electron chi connectivity index (χ3n) is 2.95. The molecule has 2 amide bonds. The lowest BCUT2D eigenvalue weighted by Crippen LogP contribution is -2.32. The van der Waals surface area contributed by atoms with Gasteiger partial charge in [-0.2, -0.15) is 13.2 Å². The number of likely N-dealkylation sites (tertiary alicyclic amines) is 1. The van der Waals surface area contributed by atoms with Crippen molar-refractivity contribution in [3.8, 4) is 0 Å². The highest BCUT2D eigenvalue weighted by Crippen LogP contribution is 2.22. The predicted molar refractivity (Wildman–Crippen MR) is 59.2 cm³/mol. The molecule has 1 unspecified atom stereocenters. The van der Waals surface area contributed by atoms with Crippen LogP contribution in [0, 0.1) is 5.92 Å². The van der Waals surface area contributed by atoms with Crippen LogP contribution >= 0.6 is 0 Å². The molecule has 2 N–H and O–H groups in total. The number of alkyl halides is 3. The number of rotatable bonds is 3. The Morgan fingerprint density at radius 1 is 1.26 bits per heavy atom. The molecule has 0 aromatic heterocycles.